The number of aromatic nitrogens is 2. The smallest absolute Gasteiger partial charge is 0.0970 e. The summed E-state index contributed by atoms with van der Waals surface area (Å²) in [5, 5.41) is 20.2. The standard InChI is InChI=1S/C56H32N2/c1-2-14-41-40(13-1)39(27-28-42(41)50-32-38-12-7-29-57-55(38)56-48(50)20-8-30-58-56)33-21-23-34(24-22-33)49-31-37-11-5-17-44-43-15-3-9-35-25-26-36-10-4-16-45(52(36)51(35)43)46-18-6-19-47(49)54(46)53(37)44/h1-32H. The van der Waals surface area contributed by atoms with Crippen LogP contribution in [-0.4, -0.2) is 9.97 Å². The first-order valence-electron chi connectivity index (χ1n) is 20.0. The summed E-state index contributed by atoms with van der Waals surface area (Å²) in [7, 11) is 0. The SMILES string of the molecule is c1cnc2c(c1)cc(-c1ccc(-c3ccc(-c4cc5cccc6c7cccc8ccc9cccc(c%10cccc4c%10c56)c9c87)cc3)c3ccccc13)c1cccnc12. The van der Waals surface area contributed by atoms with Crippen molar-refractivity contribution in [3.63, 3.8) is 0 Å². The maximum absolute atomic E-state index is 4.79. The molecule has 2 nitrogen and oxygen atoms in total. The highest BCUT2D eigenvalue weighted by atomic mass is 14.7. The molecule has 0 fully saturated rings. The van der Waals surface area contributed by atoms with E-state index in [-0.39, 0.29) is 0 Å². The molecule has 0 unspecified atom stereocenters. The predicted molar refractivity (Wildman–Crippen MR) is 247 cm³/mol. The zero-order valence-corrected chi connectivity index (χ0v) is 31.4. The molecule has 13 aromatic rings. The molecule has 0 bridgehead atoms. The van der Waals surface area contributed by atoms with Crippen LogP contribution in [0.25, 0.3) is 131 Å². The lowest BCUT2D eigenvalue weighted by atomic mass is 9.85. The third kappa shape index (κ3) is 4.37. The van der Waals surface area contributed by atoms with Crippen LogP contribution in [0.5, 0.6) is 0 Å². The number of benzene rings is 10. The molecule has 58 heavy (non-hydrogen) atoms. The summed E-state index contributed by atoms with van der Waals surface area (Å²) in [4.78, 5) is 9.49. The predicted octanol–water partition coefficient (Wildman–Crippen LogP) is 15.3. The Morgan fingerprint density at radius 2 is 0.707 bits per heavy atom. The minimum absolute atomic E-state index is 0.931. The molecule has 0 saturated heterocycles. The van der Waals surface area contributed by atoms with Crippen molar-refractivity contribution < 1.29 is 0 Å². The summed E-state index contributed by atoms with van der Waals surface area (Å²) < 4.78 is 0. The molecule has 0 amide bonds. The fourth-order valence-corrected chi connectivity index (χ4v) is 10.2. The molecule has 0 saturated carbocycles. The van der Waals surface area contributed by atoms with Crippen LogP contribution >= 0.6 is 0 Å². The van der Waals surface area contributed by atoms with Crippen molar-refractivity contribution in [1.29, 1.82) is 0 Å². The largest absolute Gasteiger partial charge is 0.254 e. The molecule has 2 aromatic heterocycles. The highest BCUT2D eigenvalue weighted by Gasteiger charge is 2.19. The average Bonchev–Trinajstić information content (AvgIpc) is 3.29. The first-order chi connectivity index (χ1) is 28.8. The van der Waals surface area contributed by atoms with Gasteiger partial charge in [-0.3, -0.25) is 9.97 Å². The highest BCUT2D eigenvalue weighted by Crippen LogP contribution is 2.46. The molecule has 13 rings (SSSR count). The lowest BCUT2D eigenvalue weighted by Crippen LogP contribution is -1.91. The lowest BCUT2D eigenvalue weighted by Gasteiger charge is -2.18. The Kier molecular flexibility index (Phi) is 6.47. The van der Waals surface area contributed by atoms with E-state index in [2.05, 4.69) is 170 Å². The van der Waals surface area contributed by atoms with Gasteiger partial charge in [0.2, 0.25) is 0 Å². The minimum Gasteiger partial charge on any atom is -0.254 e. The van der Waals surface area contributed by atoms with Crippen molar-refractivity contribution >= 4 is 97.2 Å². The van der Waals surface area contributed by atoms with Crippen molar-refractivity contribution in [3.8, 4) is 33.4 Å². The van der Waals surface area contributed by atoms with E-state index in [4.69, 9.17) is 9.97 Å². The fraction of sp³-hybridized carbons (Fsp3) is 0. The summed E-state index contributed by atoms with van der Waals surface area (Å²) in [5.41, 5.74) is 9.10. The summed E-state index contributed by atoms with van der Waals surface area (Å²) in [6.07, 6.45) is 3.71. The number of pyridine rings is 2. The van der Waals surface area contributed by atoms with Gasteiger partial charge in [-0.25, -0.2) is 0 Å². The topological polar surface area (TPSA) is 25.8 Å². The van der Waals surface area contributed by atoms with Crippen LogP contribution in [0.4, 0.5) is 0 Å². The molecule has 266 valence electrons. The third-order valence-electron chi connectivity index (χ3n) is 12.6. The quantitative estimate of drug-likeness (QED) is 0.169. The molecule has 0 aliphatic carbocycles. The van der Waals surface area contributed by atoms with Gasteiger partial charge in [0.1, 0.15) is 0 Å². The first kappa shape index (κ1) is 31.5. The van der Waals surface area contributed by atoms with Gasteiger partial charge in [-0.05, 0) is 133 Å². The number of fused-ring (bicyclic) bond motifs is 6. The Morgan fingerprint density at radius 3 is 1.41 bits per heavy atom. The van der Waals surface area contributed by atoms with E-state index in [1.54, 1.807) is 0 Å². The van der Waals surface area contributed by atoms with Crippen molar-refractivity contribution in [2.24, 2.45) is 0 Å². The van der Waals surface area contributed by atoms with Gasteiger partial charge in [0.05, 0.1) is 11.0 Å². The van der Waals surface area contributed by atoms with Crippen LogP contribution in [0.1, 0.15) is 0 Å². The van der Waals surface area contributed by atoms with Crippen LogP contribution in [0.15, 0.2) is 194 Å². The lowest BCUT2D eigenvalue weighted by molar-refractivity contribution is 1.37. The molecule has 0 aliphatic heterocycles. The second-order valence-electron chi connectivity index (χ2n) is 15.6. The molecule has 2 heteroatoms. The number of rotatable bonds is 3. The van der Waals surface area contributed by atoms with Crippen LogP contribution in [0, 0.1) is 0 Å². The molecular formula is C56H32N2. The van der Waals surface area contributed by atoms with E-state index < -0.39 is 0 Å². The van der Waals surface area contributed by atoms with Gasteiger partial charge in [0, 0.05) is 23.2 Å². The molecule has 0 N–H and O–H groups in total. The van der Waals surface area contributed by atoms with Gasteiger partial charge in [0.25, 0.3) is 0 Å². The van der Waals surface area contributed by atoms with E-state index in [1.807, 2.05) is 24.5 Å². The zero-order chi connectivity index (χ0) is 37.9. The van der Waals surface area contributed by atoms with Crippen LogP contribution < -0.4 is 0 Å². The molecular weight excluding hydrogens is 701 g/mol. The molecule has 0 spiro atoms. The Morgan fingerprint density at radius 1 is 0.241 bits per heavy atom. The zero-order valence-electron chi connectivity index (χ0n) is 31.4. The summed E-state index contributed by atoms with van der Waals surface area (Å²) in [5.74, 6) is 0. The summed E-state index contributed by atoms with van der Waals surface area (Å²) in [6.45, 7) is 0. The Hall–Kier alpha value is -7.68. The van der Waals surface area contributed by atoms with Crippen molar-refractivity contribution in [2.75, 3.05) is 0 Å². The molecule has 2 heterocycles. The molecule has 0 aliphatic rings. The van der Waals surface area contributed by atoms with Crippen molar-refractivity contribution in [1.82, 2.24) is 9.97 Å². The first-order valence-corrected chi connectivity index (χ1v) is 20.0. The van der Waals surface area contributed by atoms with Gasteiger partial charge in [-0.1, -0.05) is 158 Å². The van der Waals surface area contributed by atoms with Crippen molar-refractivity contribution in [3.05, 3.63) is 194 Å². The number of nitrogens with zero attached hydrogens (tertiary/aromatic N) is 2. The van der Waals surface area contributed by atoms with E-state index in [0.29, 0.717) is 0 Å². The van der Waals surface area contributed by atoms with Gasteiger partial charge in [-0.15, -0.1) is 0 Å². The maximum Gasteiger partial charge on any atom is 0.0970 e. The number of hydrogen-bond donors (Lipinski definition) is 0. The molecule has 0 atom stereocenters. The monoisotopic (exact) mass is 732 g/mol. The molecule has 11 aromatic carbocycles. The van der Waals surface area contributed by atoms with Gasteiger partial charge < -0.3 is 0 Å². The third-order valence-corrected chi connectivity index (χ3v) is 12.6. The highest BCUT2D eigenvalue weighted by molar-refractivity contribution is 6.38. The Labute approximate surface area is 333 Å². The van der Waals surface area contributed by atoms with Crippen LogP contribution in [0.3, 0.4) is 0 Å². The number of hydrogen-bond acceptors (Lipinski definition) is 2. The van der Waals surface area contributed by atoms with Gasteiger partial charge in [0.15, 0.2) is 0 Å². The van der Waals surface area contributed by atoms with Crippen LogP contribution in [-0.2, 0) is 0 Å². The van der Waals surface area contributed by atoms with E-state index >= 15 is 0 Å². The minimum atomic E-state index is 0.931. The maximum atomic E-state index is 4.79. The van der Waals surface area contributed by atoms with E-state index in [0.717, 1.165) is 21.8 Å². The molecule has 0 radical (unpaired) electrons. The second kappa shape index (κ2) is 11.9. The summed E-state index contributed by atoms with van der Waals surface area (Å²) in [6, 6.07) is 67.5. The Balaban J connectivity index is 1.01. The van der Waals surface area contributed by atoms with Gasteiger partial charge >= 0.3 is 0 Å². The average molecular weight is 733 g/mol. The Bertz CT molecular complexity index is 3840. The van der Waals surface area contributed by atoms with E-state index in [1.165, 1.54) is 109 Å². The second-order valence-corrected chi connectivity index (χ2v) is 15.6. The van der Waals surface area contributed by atoms with E-state index in [9.17, 15) is 0 Å². The summed E-state index contributed by atoms with van der Waals surface area (Å²) >= 11 is 0. The van der Waals surface area contributed by atoms with Gasteiger partial charge in [-0.2, -0.15) is 0 Å². The normalized spacial score (nSPS) is 12.1. The van der Waals surface area contributed by atoms with Crippen LogP contribution in [0.2, 0.25) is 0 Å². The fourth-order valence-electron chi connectivity index (χ4n) is 10.2. The van der Waals surface area contributed by atoms with Crippen molar-refractivity contribution in [2.45, 2.75) is 0 Å².